The van der Waals surface area contributed by atoms with Crippen molar-refractivity contribution in [1.82, 2.24) is 9.55 Å². The summed E-state index contributed by atoms with van der Waals surface area (Å²) in [5.74, 6) is 0.419. The van der Waals surface area contributed by atoms with Crippen LogP contribution in [0.5, 0.6) is 0 Å². The van der Waals surface area contributed by atoms with E-state index in [1.165, 1.54) is 22.9 Å². The van der Waals surface area contributed by atoms with Crippen LogP contribution in [0.2, 0.25) is 0 Å². The van der Waals surface area contributed by atoms with Gasteiger partial charge in [0.15, 0.2) is 5.16 Å². The largest absolute Gasteiger partial charge is 0.295 e. The predicted molar refractivity (Wildman–Crippen MR) is 69.4 cm³/mol. The number of aryl methyl sites for hydroxylation is 2. The van der Waals surface area contributed by atoms with E-state index in [-0.39, 0.29) is 0 Å². The molecule has 0 atom stereocenters. The van der Waals surface area contributed by atoms with Crippen molar-refractivity contribution < 1.29 is 0 Å². The van der Waals surface area contributed by atoms with Crippen LogP contribution in [0.3, 0.4) is 0 Å². The van der Waals surface area contributed by atoms with Crippen molar-refractivity contribution >= 4 is 11.8 Å². The summed E-state index contributed by atoms with van der Waals surface area (Å²) in [5, 5.41) is 9.46. The van der Waals surface area contributed by atoms with E-state index in [1.807, 2.05) is 10.8 Å². The molecule has 0 spiro atoms. The Morgan fingerprint density at radius 3 is 2.88 bits per heavy atom. The van der Waals surface area contributed by atoms with Crippen LogP contribution in [0, 0.1) is 25.2 Å². The second-order valence-electron chi connectivity index (χ2n) is 3.80. The molecule has 4 heteroatoms. The Morgan fingerprint density at radius 1 is 1.35 bits per heavy atom. The standard InChI is InChI=1S/C13H13N3S/c1-10-3-4-12(9-11(10)2)16-7-6-15-13(16)17-8-5-14/h3-4,6-7,9H,8H2,1-2H3. The number of nitriles is 1. The molecule has 2 aromatic rings. The number of rotatable bonds is 3. The minimum atomic E-state index is 0.419. The molecule has 86 valence electrons. The molecule has 0 saturated carbocycles. The van der Waals surface area contributed by atoms with Crippen LogP contribution in [0.15, 0.2) is 35.7 Å². The Kier molecular flexibility index (Phi) is 3.50. The molecule has 0 aliphatic heterocycles. The van der Waals surface area contributed by atoms with E-state index in [9.17, 15) is 0 Å². The quantitative estimate of drug-likeness (QED) is 0.778. The lowest BCUT2D eigenvalue weighted by Gasteiger charge is -2.08. The van der Waals surface area contributed by atoms with Gasteiger partial charge in [-0.3, -0.25) is 4.57 Å². The van der Waals surface area contributed by atoms with E-state index in [0.717, 1.165) is 10.8 Å². The van der Waals surface area contributed by atoms with Crippen LogP contribution in [0.4, 0.5) is 0 Å². The third kappa shape index (κ3) is 2.51. The van der Waals surface area contributed by atoms with E-state index in [4.69, 9.17) is 5.26 Å². The van der Waals surface area contributed by atoms with Gasteiger partial charge in [0, 0.05) is 18.1 Å². The zero-order valence-electron chi connectivity index (χ0n) is 9.84. The van der Waals surface area contributed by atoms with E-state index in [0.29, 0.717) is 5.75 Å². The number of benzene rings is 1. The summed E-state index contributed by atoms with van der Waals surface area (Å²) < 4.78 is 2.01. The topological polar surface area (TPSA) is 41.6 Å². The molecule has 17 heavy (non-hydrogen) atoms. The molecule has 0 aliphatic carbocycles. The average Bonchev–Trinajstić information content (AvgIpc) is 2.78. The summed E-state index contributed by atoms with van der Waals surface area (Å²) in [5.41, 5.74) is 3.62. The first-order valence-electron chi connectivity index (χ1n) is 5.33. The highest BCUT2D eigenvalue weighted by Crippen LogP contribution is 2.21. The lowest BCUT2D eigenvalue weighted by Crippen LogP contribution is -1.96. The van der Waals surface area contributed by atoms with Crippen LogP contribution in [0.25, 0.3) is 5.69 Å². The van der Waals surface area contributed by atoms with E-state index in [1.54, 1.807) is 6.20 Å². The minimum absolute atomic E-state index is 0.419. The number of nitrogens with zero attached hydrogens (tertiary/aromatic N) is 3. The summed E-state index contributed by atoms with van der Waals surface area (Å²) in [6.45, 7) is 4.19. The molecule has 0 unspecified atom stereocenters. The van der Waals surface area contributed by atoms with Gasteiger partial charge in [0.05, 0.1) is 11.8 Å². The summed E-state index contributed by atoms with van der Waals surface area (Å²) in [6.07, 6.45) is 3.68. The number of thioether (sulfide) groups is 1. The van der Waals surface area contributed by atoms with Crippen molar-refractivity contribution in [3.05, 3.63) is 41.7 Å². The fourth-order valence-corrected chi connectivity index (χ4v) is 2.20. The van der Waals surface area contributed by atoms with Crippen LogP contribution in [0.1, 0.15) is 11.1 Å². The molecule has 0 N–H and O–H groups in total. The molecule has 3 nitrogen and oxygen atoms in total. The van der Waals surface area contributed by atoms with Gasteiger partial charge in [0.1, 0.15) is 0 Å². The zero-order valence-corrected chi connectivity index (χ0v) is 10.7. The third-order valence-electron chi connectivity index (χ3n) is 2.64. The maximum Gasteiger partial charge on any atom is 0.173 e. The number of hydrogen-bond acceptors (Lipinski definition) is 3. The van der Waals surface area contributed by atoms with Crippen molar-refractivity contribution in [3.63, 3.8) is 0 Å². The molecule has 1 aromatic carbocycles. The van der Waals surface area contributed by atoms with Crippen molar-refractivity contribution in [3.8, 4) is 11.8 Å². The highest BCUT2D eigenvalue weighted by Gasteiger charge is 2.06. The minimum Gasteiger partial charge on any atom is -0.295 e. The van der Waals surface area contributed by atoms with Crippen LogP contribution < -0.4 is 0 Å². The van der Waals surface area contributed by atoms with Crippen molar-refractivity contribution in [1.29, 1.82) is 5.26 Å². The van der Waals surface area contributed by atoms with Crippen LogP contribution in [-0.2, 0) is 0 Å². The number of aromatic nitrogens is 2. The van der Waals surface area contributed by atoms with Gasteiger partial charge in [-0.2, -0.15) is 5.26 Å². The van der Waals surface area contributed by atoms with E-state index >= 15 is 0 Å². The third-order valence-corrected chi connectivity index (χ3v) is 3.48. The Morgan fingerprint density at radius 2 is 2.18 bits per heavy atom. The molecule has 1 aromatic heterocycles. The molecule has 0 bridgehead atoms. The summed E-state index contributed by atoms with van der Waals surface area (Å²) in [6, 6.07) is 8.42. The Bertz CT molecular complexity index is 566. The SMILES string of the molecule is Cc1ccc(-n2ccnc2SCC#N)cc1C. The summed E-state index contributed by atoms with van der Waals surface area (Å²) in [4.78, 5) is 4.26. The van der Waals surface area contributed by atoms with Gasteiger partial charge in [-0.15, -0.1) is 0 Å². The van der Waals surface area contributed by atoms with Gasteiger partial charge in [-0.25, -0.2) is 4.98 Å². The first kappa shape index (κ1) is 11.7. The Hall–Kier alpha value is -1.73. The highest BCUT2D eigenvalue weighted by atomic mass is 32.2. The lowest BCUT2D eigenvalue weighted by molar-refractivity contribution is 0.894. The summed E-state index contributed by atoms with van der Waals surface area (Å²) >= 11 is 1.45. The van der Waals surface area contributed by atoms with Crippen molar-refractivity contribution in [2.24, 2.45) is 0 Å². The summed E-state index contributed by atoms with van der Waals surface area (Å²) in [7, 11) is 0. The molecular weight excluding hydrogens is 230 g/mol. The number of hydrogen-bond donors (Lipinski definition) is 0. The molecule has 0 fully saturated rings. The predicted octanol–water partition coefficient (Wildman–Crippen LogP) is 3.10. The molecule has 1 heterocycles. The van der Waals surface area contributed by atoms with Gasteiger partial charge in [0.25, 0.3) is 0 Å². The second-order valence-corrected chi connectivity index (χ2v) is 4.74. The molecule has 0 radical (unpaired) electrons. The Balaban J connectivity index is 2.36. The fourth-order valence-electron chi connectivity index (χ4n) is 1.57. The fraction of sp³-hybridized carbons (Fsp3) is 0.231. The first-order valence-corrected chi connectivity index (χ1v) is 6.31. The van der Waals surface area contributed by atoms with E-state index in [2.05, 4.69) is 43.1 Å². The molecular formula is C13H13N3S. The van der Waals surface area contributed by atoms with Crippen LogP contribution in [-0.4, -0.2) is 15.3 Å². The van der Waals surface area contributed by atoms with Gasteiger partial charge in [-0.1, -0.05) is 17.8 Å². The van der Waals surface area contributed by atoms with Gasteiger partial charge in [-0.05, 0) is 37.1 Å². The highest BCUT2D eigenvalue weighted by molar-refractivity contribution is 7.99. The van der Waals surface area contributed by atoms with Gasteiger partial charge < -0.3 is 0 Å². The number of imidazole rings is 1. The Labute approximate surface area is 105 Å². The molecule has 0 amide bonds. The maximum absolute atomic E-state index is 8.60. The lowest BCUT2D eigenvalue weighted by atomic mass is 10.1. The second kappa shape index (κ2) is 5.07. The van der Waals surface area contributed by atoms with Gasteiger partial charge >= 0.3 is 0 Å². The van der Waals surface area contributed by atoms with Gasteiger partial charge in [0.2, 0.25) is 0 Å². The van der Waals surface area contributed by atoms with Crippen molar-refractivity contribution in [2.75, 3.05) is 5.75 Å². The zero-order chi connectivity index (χ0) is 12.3. The van der Waals surface area contributed by atoms with Crippen LogP contribution >= 0.6 is 11.8 Å². The first-order chi connectivity index (χ1) is 8.22. The monoisotopic (exact) mass is 243 g/mol. The molecule has 2 rings (SSSR count). The molecule has 0 aliphatic rings. The molecule has 0 saturated heterocycles. The van der Waals surface area contributed by atoms with E-state index < -0.39 is 0 Å². The maximum atomic E-state index is 8.60. The average molecular weight is 243 g/mol. The normalized spacial score (nSPS) is 10.2. The smallest absolute Gasteiger partial charge is 0.173 e. The van der Waals surface area contributed by atoms with Crippen molar-refractivity contribution in [2.45, 2.75) is 19.0 Å².